The zero-order valence-corrected chi connectivity index (χ0v) is 13.7. The van der Waals surface area contributed by atoms with Crippen molar-refractivity contribution in [2.24, 2.45) is 0 Å². The summed E-state index contributed by atoms with van der Waals surface area (Å²) in [6.07, 6.45) is 5.32. The number of aromatic nitrogens is 2. The Bertz CT molecular complexity index is 824. The van der Waals surface area contributed by atoms with E-state index in [1.54, 1.807) is 12.5 Å². The van der Waals surface area contributed by atoms with E-state index in [4.69, 9.17) is 4.74 Å². The summed E-state index contributed by atoms with van der Waals surface area (Å²) in [6.45, 7) is 3.96. The Morgan fingerprint density at radius 1 is 1.17 bits per heavy atom. The summed E-state index contributed by atoms with van der Waals surface area (Å²) in [5.41, 5.74) is 4.00. The van der Waals surface area contributed by atoms with Crippen LogP contribution in [0.15, 0.2) is 61.2 Å². The van der Waals surface area contributed by atoms with Crippen LogP contribution in [-0.2, 0) is 4.79 Å². The number of hydrogen-bond donors (Lipinski definition) is 1. The lowest BCUT2D eigenvalue weighted by Gasteiger charge is -2.10. The van der Waals surface area contributed by atoms with Gasteiger partial charge in [-0.2, -0.15) is 0 Å². The van der Waals surface area contributed by atoms with E-state index in [1.165, 1.54) is 5.56 Å². The number of ether oxygens (including phenoxy) is 1. The second-order valence-corrected chi connectivity index (χ2v) is 5.62. The summed E-state index contributed by atoms with van der Waals surface area (Å²) in [4.78, 5) is 16.0. The highest BCUT2D eigenvalue weighted by atomic mass is 16.5. The molecular formula is C19H19N3O2. The zero-order chi connectivity index (χ0) is 16.9. The van der Waals surface area contributed by atoms with Crippen LogP contribution in [0.3, 0.4) is 0 Å². The van der Waals surface area contributed by atoms with E-state index in [0.717, 1.165) is 16.9 Å². The largest absolute Gasteiger partial charge is 0.484 e. The third-order valence-corrected chi connectivity index (χ3v) is 3.67. The van der Waals surface area contributed by atoms with Gasteiger partial charge in [0.1, 0.15) is 5.75 Å². The van der Waals surface area contributed by atoms with E-state index < -0.39 is 0 Å². The molecule has 3 rings (SSSR count). The van der Waals surface area contributed by atoms with Crippen LogP contribution >= 0.6 is 0 Å². The first-order chi connectivity index (χ1) is 11.6. The van der Waals surface area contributed by atoms with Crippen molar-refractivity contribution >= 4 is 11.6 Å². The van der Waals surface area contributed by atoms with Gasteiger partial charge in [0.2, 0.25) is 0 Å². The Hall–Kier alpha value is -3.08. The van der Waals surface area contributed by atoms with E-state index in [0.29, 0.717) is 5.75 Å². The van der Waals surface area contributed by atoms with Crippen molar-refractivity contribution < 1.29 is 9.53 Å². The minimum Gasteiger partial charge on any atom is -0.484 e. The van der Waals surface area contributed by atoms with Crippen molar-refractivity contribution in [3.63, 3.8) is 0 Å². The Morgan fingerprint density at radius 2 is 1.96 bits per heavy atom. The first kappa shape index (κ1) is 15.8. The molecule has 0 atom stereocenters. The average Bonchev–Trinajstić information content (AvgIpc) is 3.11. The van der Waals surface area contributed by atoms with E-state index >= 15 is 0 Å². The summed E-state index contributed by atoms with van der Waals surface area (Å²) in [7, 11) is 0. The Morgan fingerprint density at radius 3 is 2.62 bits per heavy atom. The van der Waals surface area contributed by atoms with Gasteiger partial charge in [-0.25, -0.2) is 4.98 Å². The molecule has 24 heavy (non-hydrogen) atoms. The molecule has 3 aromatic rings. The number of nitrogens with zero attached hydrogens (tertiary/aromatic N) is 2. The van der Waals surface area contributed by atoms with Crippen LogP contribution in [0.5, 0.6) is 5.75 Å². The molecule has 1 aromatic heterocycles. The predicted octanol–water partition coefficient (Wildman–Crippen LogP) is 3.51. The van der Waals surface area contributed by atoms with Gasteiger partial charge >= 0.3 is 0 Å². The highest BCUT2D eigenvalue weighted by Gasteiger charge is 2.06. The molecule has 0 aliphatic rings. The molecule has 0 unspecified atom stereocenters. The summed E-state index contributed by atoms with van der Waals surface area (Å²) >= 11 is 0. The highest BCUT2D eigenvalue weighted by Crippen LogP contribution is 2.17. The fraction of sp³-hybridized carbons (Fsp3) is 0.158. The van der Waals surface area contributed by atoms with Crippen LogP contribution in [0.2, 0.25) is 0 Å². The molecule has 5 heteroatoms. The summed E-state index contributed by atoms with van der Waals surface area (Å²) < 4.78 is 7.44. The normalized spacial score (nSPS) is 10.4. The molecule has 0 bridgehead atoms. The molecule has 1 amide bonds. The molecule has 0 aliphatic carbocycles. The van der Waals surface area contributed by atoms with Gasteiger partial charge in [0.05, 0.1) is 6.33 Å². The van der Waals surface area contributed by atoms with Gasteiger partial charge in [0, 0.05) is 23.8 Å². The average molecular weight is 321 g/mol. The Kier molecular flexibility index (Phi) is 4.61. The third kappa shape index (κ3) is 3.81. The summed E-state index contributed by atoms with van der Waals surface area (Å²) in [6, 6.07) is 13.4. The fourth-order valence-electron chi connectivity index (χ4n) is 2.42. The smallest absolute Gasteiger partial charge is 0.262 e. The lowest BCUT2D eigenvalue weighted by atomic mass is 10.1. The molecular weight excluding hydrogens is 302 g/mol. The van der Waals surface area contributed by atoms with Crippen LogP contribution in [0.4, 0.5) is 5.69 Å². The number of imidazole rings is 1. The van der Waals surface area contributed by atoms with Crippen molar-refractivity contribution in [3.8, 4) is 11.4 Å². The first-order valence-corrected chi connectivity index (χ1v) is 7.70. The Labute approximate surface area is 140 Å². The maximum Gasteiger partial charge on any atom is 0.262 e. The van der Waals surface area contributed by atoms with Gasteiger partial charge in [-0.3, -0.25) is 4.79 Å². The van der Waals surface area contributed by atoms with Crippen LogP contribution in [0.1, 0.15) is 11.1 Å². The van der Waals surface area contributed by atoms with Crippen LogP contribution in [-0.4, -0.2) is 22.1 Å². The molecule has 0 radical (unpaired) electrons. The SMILES string of the molecule is Cc1ccc(NC(=O)COc2ccc(-n3ccnc3)cc2)c(C)c1. The fourth-order valence-corrected chi connectivity index (χ4v) is 2.42. The van der Waals surface area contributed by atoms with E-state index in [-0.39, 0.29) is 12.5 Å². The number of amides is 1. The lowest BCUT2D eigenvalue weighted by Crippen LogP contribution is -2.20. The highest BCUT2D eigenvalue weighted by molar-refractivity contribution is 5.92. The number of benzene rings is 2. The number of nitrogens with one attached hydrogen (secondary N) is 1. The van der Waals surface area contributed by atoms with Crippen LogP contribution in [0, 0.1) is 13.8 Å². The van der Waals surface area contributed by atoms with Gasteiger partial charge < -0.3 is 14.6 Å². The predicted molar refractivity (Wildman–Crippen MR) is 93.6 cm³/mol. The zero-order valence-electron chi connectivity index (χ0n) is 13.7. The second-order valence-electron chi connectivity index (χ2n) is 5.62. The minimum atomic E-state index is -0.180. The number of hydrogen-bond acceptors (Lipinski definition) is 3. The maximum absolute atomic E-state index is 12.0. The quantitative estimate of drug-likeness (QED) is 0.782. The molecule has 1 N–H and O–H groups in total. The second kappa shape index (κ2) is 7.00. The van der Waals surface area contributed by atoms with Gasteiger partial charge in [-0.1, -0.05) is 17.7 Å². The molecule has 0 spiro atoms. The van der Waals surface area contributed by atoms with Gasteiger partial charge in [-0.05, 0) is 49.7 Å². The van der Waals surface area contributed by atoms with Crippen molar-refractivity contribution in [2.75, 3.05) is 11.9 Å². The molecule has 0 fully saturated rings. The van der Waals surface area contributed by atoms with E-state index in [2.05, 4.69) is 10.3 Å². The third-order valence-electron chi connectivity index (χ3n) is 3.67. The van der Waals surface area contributed by atoms with Gasteiger partial charge in [-0.15, -0.1) is 0 Å². The van der Waals surface area contributed by atoms with Crippen molar-refractivity contribution in [1.29, 1.82) is 0 Å². The number of aryl methyl sites for hydroxylation is 2. The van der Waals surface area contributed by atoms with Crippen molar-refractivity contribution in [3.05, 3.63) is 72.3 Å². The molecule has 0 aliphatic heterocycles. The molecule has 1 heterocycles. The van der Waals surface area contributed by atoms with Crippen molar-refractivity contribution in [1.82, 2.24) is 9.55 Å². The Balaban J connectivity index is 1.56. The van der Waals surface area contributed by atoms with Crippen molar-refractivity contribution in [2.45, 2.75) is 13.8 Å². The molecule has 5 nitrogen and oxygen atoms in total. The number of carbonyl (C=O) groups excluding carboxylic acids is 1. The molecule has 2 aromatic carbocycles. The van der Waals surface area contributed by atoms with Crippen LogP contribution in [0.25, 0.3) is 5.69 Å². The molecule has 0 saturated carbocycles. The monoisotopic (exact) mass is 321 g/mol. The maximum atomic E-state index is 12.0. The topological polar surface area (TPSA) is 56.1 Å². The van der Waals surface area contributed by atoms with Crippen LogP contribution < -0.4 is 10.1 Å². The standard InChI is InChI=1S/C19H19N3O2/c1-14-3-8-18(15(2)11-14)21-19(23)12-24-17-6-4-16(5-7-17)22-10-9-20-13-22/h3-11,13H,12H2,1-2H3,(H,21,23). The van der Waals surface area contributed by atoms with E-state index in [9.17, 15) is 4.79 Å². The van der Waals surface area contributed by atoms with Gasteiger partial charge in [0.25, 0.3) is 5.91 Å². The number of anilines is 1. The van der Waals surface area contributed by atoms with Gasteiger partial charge in [0.15, 0.2) is 6.61 Å². The minimum absolute atomic E-state index is 0.0300. The molecule has 0 saturated heterocycles. The lowest BCUT2D eigenvalue weighted by molar-refractivity contribution is -0.118. The number of rotatable bonds is 5. The molecule has 122 valence electrons. The summed E-state index contributed by atoms with van der Waals surface area (Å²) in [5, 5.41) is 2.87. The number of carbonyl (C=O) groups is 1. The summed E-state index contributed by atoms with van der Waals surface area (Å²) in [5.74, 6) is 0.468. The first-order valence-electron chi connectivity index (χ1n) is 7.70. The van der Waals surface area contributed by atoms with E-state index in [1.807, 2.05) is 67.1 Å².